The molecule has 0 saturated heterocycles. The number of nitrogens with one attached hydrogen (secondary N) is 1. The maximum atomic E-state index is 11.1. The number of amides is 1. The van der Waals surface area contributed by atoms with Gasteiger partial charge in [0.1, 0.15) is 0 Å². The van der Waals surface area contributed by atoms with Gasteiger partial charge in [-0.2, -0.15) is 0 Å². The molecule has 0 rings (SSSR count). The lowest BCUT2D eigenvalue weighted by molar-refractivity contribution is -0.119. The first-order chi connectivity index (χ1) is 12.7. The fraction of sp³-hybridized carbons (Fsp3) is 0.591. The first-order valence-electron chi connectivity index (χ1n) is 9.84. The van der Waals surface area contributed by atoms with Crippen LogP contribution in [0.15, 0.2) is 48.6 Å². The summed E-state index contributed by atoms with van der Waals surface area (Å²) < 4.78 is 0. The molecule has 1 N–H and O–H groups in total. The van der Waals surface area contributed by atoms with Gasteiger partial charge in [0.2, 0.25) is 0 Å². The number of unbranched alkanes of at least 4 members (excludes halogenated alkanes) is 5. The highest BCUT2D eigenvalue weighted by molar-refractivity contribution is 6.53. The summed E-state index contributed by atoms with van der Waals surface area (Å²) in [6.07, 6.45) is 28.9. The van der Waals surface area contributed by atoms with Gasteiger partial charge in [-0.25, -0.2) is 0 Å². The van der Waals surface area contributed by atoms with E-state index in [1.54, 1.807) is 0 Å². The van der Waals surface area contributed by atoms with Gasteiger partial charge in [-0.1, -0.05) is 91.6 Å². The molecule has 0 bridgehead atoms. The number of rotatable bonds is 16. The molecule has 148 valence electrons. The molecule has 0 atom stereocenters. The minimum atomic E-state index is -0.969. The Labute approximate surface area is 170 Å². The van der Waals surface area contributed by atoms with Crippen molar-refractivity contribution < 1.29 is 4.79 Å². The highest BCUT2D eigenvalue weighted by Crippen LogP contribution is 2.02. The summed E-state index contributed by atoms with van der Waals surface area (Å²) in [6, 6.07) is 0. The normalized spacial score (nSPS) is 12.5. The third-order valence-corrected chi connectivity index (χ3v) is 4.15. The van der Waals surface area contributed by atoms with Gasteiger partial charge in [0.15, 0.2) is 4.84 Å². The van der Waals surface area contributed by atoms with Gasteiger partial charge in [-0.3, -0.25) is 4.79 Å². The molecule has 0 fully saturated rings. The van der Waals surface area contributed by atoms with E-state index in [2.05, 4.69) is 60.8 Å². The van der Waals surface area contributed by atoms with E-state index < -0.39 is 4.84 Å². The molecule has 0 radical (unpaired) electrons. The number of hydrogen-bond donors (Lipinski definition) is 1. The molecule has 0 aromatic rings. The van der Waals surface area contributed by atoms with Crippen LogP contribution in [0.4, 0.5) is 0 Å². The Hall–Kier alpha value is -0.990. The molecule has 26 heavy (non-hydrogen) atoms. The van der Waals surface area contributed by atoms with Crippen LogP contribution in [0, 0.1) is 0 Å². The largest absolute Gasteiger partial charge is 0.354 e. The second-order valence-corrected chi connectivity index (χ2v) is 7.27. The summed E-state index contributed by atoms with van der Waals surface area (Å²) in [5.74, 6) is -0.314. The lowest BCUT2D eigenvalue weighted by Crippen LogP contribution is -2.29. The summed E-state index contributed by atoms with van der Waals surface area (Å²) in [4.78, 5) is 10.2. The maximum absolute atomic E-state index is 11.1. The molecule has 0 aromatic heterocycles. The molecule has 0 aliphatic carbocycles. The molecular weight excluding hydrogens is 365 g/mol. The number of carbonyl (C=O) groups excluding carboxylic acids is 1. The van der Waals surface area contributed by atoms with Crippen molar-refractivity contribution in [2.75, 3.05) is 6.54 Å². The Kier molecular flexibility index (Phi) is 19.5. The number of allylic oxidation sites excluding steroid dienone is 8. The monoisotopic (exact) mass is 399 g/mol. The Bertz CT molecular complexity index is 439. The van der Waals surface area contributed by atoms with E-state index >= 15 is 0 Å². The average molecular weight is 400 g/mol. The van der Waals surface area contributed by atoms with Crippen LogP contribution < -0.4 is 5.32 Å². The first kappa shape index (κ1) is 25.0. The first-order valence-corrected chi connectivity index (χ1v) is 10.7. The topological polar surface area (TPSA) is 29.1 Å². The predicted molar refractivity (Wildman–Crippen MR) is 117 cm³/mol. The lowest BCUT2D eigenvalue weighted by Gasteiger charge is -2.03. The van der Waals surface area contributed by atoms with Gasteiger partial charge in [-0.15, -0.1) is 0 Å². The van der Waals surface area contributed by atoms with Crippen molar-refractivity contribution >= 4 is 29.1 Å². The molecule has 0 saturated carbocycles. The predicted octanol–water partition coefficient (Wildman–Crippen LogP) is 7.05. The SMILES string of the molecule is CCCCC/C=C\C/C=C\C/C=C\C/C=C\CCCCNC(=O)C(Cl)Cl. The van der Waals surface area contributed by atoms with Gasteiger partial charge in [0, 0.05) is 6.54 Å². The van der Waals surface area contributed by atoms with E-state index in [4.69, 9.17) is 23.2 Å². The maximum Gasteiger partial charge on any atom is 0.253 e. The van der Waals surface area contributed by atoms with Crippen molar-refractivity contribution in [3.05, 3.63) is 48.6 Å². The fourth-order valence-electron chi connectivity index (χ4n) is 2.24. The Balaban J connectivity index is 3.42. The Morgan fingerprint density at radius 2 is 1.23 bits per heavy atom. The van der Waals surface area contributed by atoms with Crippen LogP contribution in [0.1, 0.15) is 71.1 Å². The zero-order chi connectivity index (χ0) is 19.3. The van der Waals surface area contributed by atoms with Gasteiger partial charge < -0.3 is 5.32 Å². The van der Waals surface area contributed by atoms with Crippen molar-refractivity contribution in [1.82, 2.24) is 5.32 Å². The number of carbonyl (C=O) groups is 1. The molecule has 4 heteroatoms. The number of hydrogen-bond acceptors (Lipinski definition) is 1. The van der Waals surface area contributed by atoms with E-state index in [0.29, 0.717) is 6.54 Å². The van der Waals surface area contributed by atoms with Gasteiger partial charge in [0.05, 0.1) is 0 Å². The van der Waals surface area contributed by atoms with Gasteiger partial charge in [0.25, 0.3) is 5.91 Å². The van der Waals surface area contributed by atoms with Crippen LogP contribution >= 0.6 is 23.2 Å². The zero-order valence-electron chi connectivity index (χ0n) is 16.1. The molecule has 2 nitrogen and oxygen atoms in total. The fourth-order valence-corrected chi connectivity index (χ4v) is 2.39. The highest BCUT2D eigenvalue weighted by Gasteiger charge is 2.08. The smallest absolute Gasteiger partial charge is 0.253 e. The second-order valence-electron chi connectivity index (χ2n) is 6.18. The van der Waals surface area contributed by atoms with Crippen LogP contribution in [-0.4, -0.2) is 17.3 Å². The van der Waals surface area contributed by atoms with E-state index in [1.807, 2.05) is 0 Å². The summed E-state index contributed by atoms with van der Waals surface area (Å²) in [6.45, 7) is 2.86. The van der Waals surface area contributed by atoms with Crippen LogP contribution in [-0.2, 0) is 4.79 Å². The third kappa shape index (κ3) is 19.3. The number of halogens is 2. The quantitative estimate of drug-likeness (QED) is 0.168. The van der Waals surface area contributed by atoms with Crippen molar-refractivity contribution in [1.29, 1.82) is 0 Å². The third-order valence-electron chi connectivity index (χ3n) is 3.75. The summed E-state index contributed by atoms with van der Waals surface area (Å²) in [5.41, 5.74) is 0. The zero-order valence-corrected chi connectivity index (χ0v) is 17.7. The van der Waals surface area contributed by atoms with Crippen LogP contribution in [0.2, 0.25) is 0 Å². The minimum absolute atomic E-state index is 0.314. The summed E-state index contributed by atoms with van der Waals surface area (Å²) >= 11 is 10.9. The molecule has 0 heterocycles. The minimum Gasteiger partial charge on any atom is -0.354 e. The van der Waals surface area contributed by atoms with E-state index in [1.165, 1.54) is 25.7 Å². The second kappa shape index (κ2) is 20.3. The van der Waals surface area contributed by atoms with Crippen molar-refractivity contribution in [2.45, 2.75) is 76.0 Å². The molecule has 0 spiro atoms. The molecule has 0 aromatic carbocycles. The van der Waals surface area contributed by atoms with Crippen molar-refractivity contribution in [3.8, 4) is 0 Å². The van der Waals surface area contributed by atoms with Crippen molar-refractivity contribution in [2.24, 2.45) is 0 Å². The molecule has 0 unspecified atom stereocenters. The van der Waals surface area contributed by atoms with Gasteiger partial charge >= 0.3 is 0 Å². The van der Waals surface area contributed by atoms with E-state index in [0.717, 1.165) is 38.5 Å². The molecular formula is C22H35Cl2NO. The van der Waals surface area contributed by atoms with E-state index in [9.17, 15) is 4.79 Å². The van der Waals surface area contributed by atoms with Gasteiger partial charge in [-0.05, 0) is 51.4 Å². The standard InChI is InChI=1S/C22H35Cl2NO/c1-2-3-4-5-6-7-8-9-10-11-12-13-14-15-16-17-18-19-20-25-22(26)21(23)24/h6-7,9-10,12-13,15-16,21H,2-5,8,11,14,17-20H2,1H3,(H,25,26)/b7-6-,10-9-,13-12-,16-15-. The highest BCUT2D eigenvalue weighted by atomic mass is 35.5. The number of alkyl halides is 2. The van der Waals surface area contributed by atoms with Crippen molar-refractivity contribution in [3.63, 3.8) is 0 Å². The summed E-state index contributed by atoms with van der Waals surface area (Å²) in [7, 11) is 0. The Morgan fingerprint density at radius 1 is 0.769 bits per heavy atom. The van der Waals surface area contributed by atoms with Crippen LogP contribution in [0.5, 0.6) is 0 Å². The lowest BCUT2D eigenvalue weighted by atomic mass is 10.2. The Morgan fingerprint density at radius 3 is 1.69 bits per heavy atom. The summed E-state index contributed by atoms with van der Waals surface area (Å²) in [5, 5.41) is 2.69. The molecule has 0 aliphatic rings. The van der Waals surface area contributed by atoms with Crippen LogP contribution in [0.3, 0.4) is 0 Å². The molecule has 1 amide bonds. The molecule has 0 aliphatic heterocycles. The average Bonchev–Trinajstić information content (AvgIpc) is 2.63. The van der Waals surface area contributed by atoms with Crippen LogP contribution in [0.25, 0.3) is 0 Å². The van der Waals surface area contributed by atoms with E-state index in [-0.39, 0.29) is 5.91 Å².